The lowest BCUT2D eigenvalue weighted by atomic mass is 9.97. The van der Waals surface area contributed by atoms with Gasteiger partial charge < -0.3 is 15.8 Å². The van der Waals surface area contributed by atoms with Crippen molar-refractivity contribution < 1.29 is 9.53 Å². The SMILES string of the molecule is COc1c(C)c(C)cc(C)c1CCNCC(N)=O. The molecule has 0 aliphatic rings. The molecule has 0 saturated heterocycles. The molecule has 0 aromatic heterocycles. The fourth-order valence-corrected chi connectivity index (χ4v) is 2.12. The van der Waals surface area contributed by atoms with Crippen molar-refractivity contribution in [2.75, 3.05) is 20.2 Å². The predicted molar refractivity (Wildman–Crippen MR) is 73.0 cm³/mol. The Balaban J connectivity index is 2.81. The Morgan fingerprint density at radius 1 is 1.33 bits per heavy atom. The van der Waals surface area contributed by atoms with E-state index in [1.54, 1.807) is 7.11 Å². The zero-order valence-corrected chi connectivity index (χ0v) is 11.6. The van der Waals surface area contributed by atoms with E-state index >= 15 is 0 Å². The maximum absolute atomic E-state index is 10.6. The summed E-state index contributed by atoms with van der Waals surface area (Å²) in [6, 6.07) is 2.17. The van der Waals surface area contributed by atoms with Crippen LogP contribution in [0.2, 0.25) is 0 Å². The number of hydrogen-bond donors (Lipinski definition) is 2. The number of benzene rings is 1. The Morgan fingerprint density at radius 2 is 2.00 bits per heavy atom. The molecule has 1 rings (SSSR count). The number of amides is 1. The summed E-state index contributed by atoms with van der Waals surface area (Å²) in [5.41, 5.74) is 9.89. The number of ether oxygens (including phenoxy) is 1. The Morgan fingerprint density at radius 3 is 2.56 bits per heavy atom. The molecule has 4 nitrogen and oxygen atoms in total. The molecule has 0 radical (unpaired) electrons. The number of rotatable bonds is 6. The van der Waals surface area contributed by atoms with Crippen LogP contribution in [0, 0.1) is 20.8 Å². The van der Waals surface area contributed by atoms with Crippen molar-refractivity contribution in [2.24, 2.45) is 5.73 Å². The zero-order valence-electron chi connectivity index (χ0n) is 11.6. The van der Waals surface area contributed by atoms with Gasteiger partial charge >= 0.3 is 0 Å². The molecule has 1 amide bonds. The second kappa shape index (κ2) is 6.40. The maximum Gasteiger partial charge on any atom is 0.231 e. The highest BCUT2D eigenvalue weighted by Crippen LogP contribution is 2.29. The third-order valence-electron chi connectivity index (χ3n) is 3.17. The van der Waals surface area contributed by atoms with E-state index in [9.17, 15) is 4.79 Å². The largest absolute Gasteiger partial charge is 0.496 e. The molecule has 1 aromatic carbocycles. The molecule has 100 valence electrons. The summed E-state index contributed by atoms with van der Waals surface area (Å²) in [5.74, 6) is 0.618. The normalized spacial score (nSPS) is 10.4. The lowest BCUT2D eigenvalue weighted by Crippen LogP contribution is -2.30. The molecule has 0 fully saturated rings. The van der Waals surface area contributed by atoms with Crippen LogP contribution < -0.4 is 15.8 Å². The number of primary amides is 1. The second-order valence-corrected chi connectivity index (χ2v) is 4.54. The fraction of sp³-hybridized carbons (Fsp3) is 0.500. The monoisotopic (exact) mass is 250 g/mol. The molecule has 3 N–H and O–H groups in total. The highest BCUT2D eigenvalue weighted by molar-refractivity contribution is 5.75. The van der Waals surface area contributed by atoms with Crippen molar-refractivity contribution in [1.82, 2.24) is 5.32 Å². The summed E-state index contributed by atoms with van der Waals surface area (Å²) in [6.07, 6.45) is 0.823. The average molecular weight is 250 g/mol. The Bertz CT molecular complexity index is 442. The molecule has 0 aliphatic carbocycles. The van der Waals surface area contributed by atoms with Crippen molar-refractivity contribution >= 4 is 5.91 Å². The van der Waals surface area contributed by atoms with Crippen molar-refractivity contribution in [3.05, 3.63) is 28.3 Å². The van der Waals surface area contributed by atoms with E-state index in [0.717, 1.165) is 12.2 Å². The van der Waals surface area contributed by atoms with Gasteiger partial charge in [0.05, 0.1) is 13.7 Å². The summed E-state index contributed by atoms with van der Waals surface area (Å²) >= 11 is 0. The molecule has 0 heterocycles. The summed E-state index contributed by atoms with van der Waals surface area (Å²) < 4.78 is 5.50. The van der Waals surface area contributed by atoms with Gasteiger partial charge in [-0.15, -0.1) is 0 Å². The van der Waals surface area contributed by atoms with Crippen LogP contribution in [0.3, 0.4) is 0 Å². The van der Waals surface area contributed by atoms with Gasteiger partial charge in [-0.05, 0) is 56.0 Å². The molecule has 0 aliphatic heterocycles. The van der Waals surface area contributed by atoms with Gasteiger partial charge in [0, 0.05) is 0 Å². The smallest absolute Gasteiger partial charge is 0.231 e. The van der Waals surface area contributed by atoms with E-state index in [1.165, 1.54) is 22.3 Å². The molecule has 0 atom stereocenters. The standard InChI is InChI=1S/C14H22N2O2/c1-9-7-10(2)12(14(18-4)11(9)3)5-6-16-8-13(15)17/h7,16H,5-6,8H2,1-4H3,(H2,15,17). The summed E-state index contributed by atoms with van der Waals surface area (Å²) in [7, 11) is 1.70. The minimum absolute atomic E-state index is 0.214. The van der Waals surface area contributed by atoms with Crippen molar-refractivity contribution in [3.63, 3.8) is 0 Å². The average Bonchev–Trinajstić information content (AvgIpc) is 2.30. The molecule has 1 aromatic rings. The molecule has 0 unspecified atom stereocenters. The Kier molecular flexibility index (Phi) is 5.16. The van der Waals surface area contributed by atoms with Crippen LogP contribution in [0.1, 0.15) is 22.3 Å². The van der Waals surface area contributed by atoms with Crippen LogP contribution in [0.25, 0.3) is 0 Å². The topological polar surface area (TPSA) is 64.3 Å². The highest BCUT2D eigenvalue weighted by atomic mass is 16.5. The minimum Gasteiger partial charge on any atom is -0.496 e. The van der Waals surface area contributed by atoms with E-state index in [2.05, 4.69) is 32.2 Å². The van der Waals surface area contributed by atoms with Gasteiger partial charge in [0.1, 0.15) is 5.75 Å². The number of nitrogens with two attached hydrogens (primary N) is 1. The van der Waals surface area contributed by atoms with Crippen molar-refractivity contribution in [1.29, 1.82) is 0 Å². The van der Waals surface area contributed by atoms with Gasteiger partial charge in [0.25, 0.3) is 0 Å². The van der Waals surface area contributed by atoms with Gasteiger partial charge in [0.2, 0.25) is 5.91 Å². The molecule has 0 saturated carbocycles. The van der Waals surface area contributed by atoms with E-state index in [-0.39, 0.29) is 12.5 Å². The van der Waals surface area contributed by atoms with Gasteiger partial charge in [-0.2, -0.15) is 0 Å². The Labute approximate surface area is 109 Å². The fourth-order valence-electron chi connectivity index (χ4n) is 2.12. The third-order valence-corrected chi connectivity index (χ3v) is 3.17. The number of methoxy groups -OCH3 is 1. The molecular weight excluding hydrogens is 228 g/mol. The number of aryl methyl sites for hydroxylation is 2. The molecule has 0 bridgehead atoms. The molecule has 18 heavy (non-hydrogen) atoms. The Hall–Kier alpha value is -1.55. The van der Waals surface area contributed by atoms with Gasteiger partial charge in [-0.25, -0.2) is 0 Å². The third kappa shape index (κ3) is 3.47. The summed E-state index contributed by atoms with van der Waals surface area (Å²) in [5, 5.41) is 3.02. The van der Waals surface area contributed by atoms with Gasteiger partial charge in [-0.1, -0.05) is 6.07 Å². The molecule has 0 spiro atoms. The quantitative estimate of drug-likeness (QED) is 0.747. The van der Waals surface area contributed by atoms with Crippen LogP contribution >= 0.6 is 0 Å². The first kappa shape index (κ1) is 14.5. The van der Waals surface area contributed by atoms with E-state index in [0.29, 0.717) is 6.54 Å². The van der Waals surface area contributed by atoms with E-state index in [4.69, 9.17) is 10.5 Å². The number of carbonyl (C=O) groups excluding carboxylic acids is 1. The number of hydrogen-bond acceptors (Lipinski definition) is 3. The van der Waals surface area contributed by atoms with Gasteiger partial charge in [0.15, 0.2) is 0 Å². The maximum atomic E-state index is 10.6. The van der Waals surface area contributed by atoms with Crippen molar-refractivity contribution in [2.45, 2.75) is 27.2 Å². The molecule has 4 heteroatoms. The first-order valence-corrected chi connectivity index (χ1v) is 6.10. The van der Waals surface area contributed by atoms with Crippen LogP contribution in [0.5, 0.6) is 5.75 Å². The van der Waals surface area contributed by atoms with E-state index in [1.807, 2.05) is 0 Å². The van der Waals surface area contributed by atoms with Crippen LogP contribution in [-0.2, 0) is 11.2 Å². The lowest BCUT2D eigenvalue weighted by molar-refractivity contribution is -0.117. The van der Waals surface area contributed by atoms with Crippen LogP contribution in [-0.4, -0.2) is 26.1 Å². The van der Waals surface area contributed by atoms with Gasteiger partial charge in [-0.3, -0.25) is 4.79 Å². The predicted octanol–water partition coefficient (Wildman–Crippen LogP) is 1.24. The summed E-state index contributed by atoms with van der Waals surface area (Å²) in [6.45, 7) is 7.15. The van der Waals surface area contributed by atoms with E-state index < -0.39 is 0 Å². The number of nitrogens with one attached hydrogen (secondary N) is 1. The summed E-state index contributed by atoms with van der Waals surface area (Å²) in [4.78, 5) is 10.6. The highest BCUT2D eigenvalue weighted by Gasteiger charge is 2.11. The molecular formula is C14H22N2O2. The number of carbonyl (C=O) groups is 1. The van der Waals surface area contributed by atoms with Crippen molar-refractivity contribution in [3.8, 4) is 5.75 Å². The van der Waals surface area contributed by atoms with Crippen LogP contribution in [0.15, 0.2) is 6.07 Å². The first-order chi connectivity index (χ1) is 8.47. The zero-order chi connectivity index (χ0) is 13.7. The van der Waals surface area contributed by atoms with Crippen LogP contribution in [0.4, 0.5) is 0 Å². The minimum atomic E-state index is -0.334. The second-order valence-electron chi connectivity index (χ2n) is 4.54. The lowest BCUT2D eigenvalue weighted by Gasteiger charge is -2.16. The first-order valence-electron chi connectivity index (χ1n) is 6.10.